The highest BCUT2D eigenvalue weighted by atomic mass is 32.2. The van der Waals surface area contributed by atoms with Gasteiger partial charge in [0.05, 0.1) is 11.9 Å². The molecule has 188 valence electrons. The van der Waals surface area contributed by atoms with Crippen molar-refractivity contribution in [2.75, 3.05) is 29.4 Å². The summed E-state index contributed by atoms with van der Waals surface area (Å²) in [5, 5.41) is 2.88. The highest BCUT2D eigenvalue weighted by molar-refractivity contribution is 7.98. The zero-order valence-electron chi connectivity index (χ0n) is 20.5. The first kappa shape index (κ1) is 24.7. The summed E-state index contributed by atoms with van der Waals surface area (Å²) >= 11 is 1.75. The second kappa shape index (κ2) is 10.2. The van der Waals surface area contributed by atoms with Crippen molar-refractivity contribution in [1.29, 1.82) is 0 Å². The quantitative estimate of drug-likeness (QED) is 0.457. The number of sulfonamides is 1. The Bertz CT molecular complexity index is 1100. The number of nitrogens with zero attached hydrogens (tertiary/aromatic N) is 1. The number of hydrogen-bond donors (Lipinski definition) is 1. The third-order valence-electron chi connectivity index (χ3n) is 8.17. The van der Waals surface area contributed by atoms with Gasteiger partial charge in [0.25, 0.3) is 0 Å². The average molecular weight is 513 g/mol. The zero-order valence-corrected chi connectivity index (χ0v) is 22.1. The highest BCUT2D eigenvalue weighted by Crippen LogP contribution is 2.60. The van der Waals surface area contributed by atoms with Crippen LogP contribution in [0.25, 0.3) is 0 Å². The number of benzene rings is 2. The van der Waals surface area contributed by atoms with E-state index in [1.165, 1.54) is 60.2 Å². The summed E-state index contributed by atoms with van der Waals surface area (Å²) in [5.41, 5.74) is 3.45. The van der Waals surface area contributed by atoms with Crippen molar-refractivity contribution >= 4 is 33.4 Å². The van der Waals surface area contributed by atoms with E-state index in [1.54, 1.807) is 11.8 Å². The van der Waals surface area contributed by atoms with Gasteiger partial charge in [0.15, 0.2) is 0 Å². The molecule has 35 heavy (non-hydrogen) atoms. The molecule has 4 aliphatic carbocycles. The molecule has 0 aliphatic heterocycles. The molecule has 6 rings (SSSR count). The van der Waals surface area contributed by atoms with Crippen LogP contribution in [0.15, 0.2) is 54.6 Å². The maximum atomic E-state index is 12.6. The number of amides is 1. The van der Waals surface area contributed by atoms with Gasteiger partial charge in [-0.1, -0.05) is 42.5 Å². The number of thioether (sulfide) groups is 1. The summed E-state index contributed by atoms with van der Waals surface area (Å²) in [4.78, 5) is 12.6. The minimum Gasteiger partial charge on any atom is -0.354 e. The Labute approximate surface area is 214 Å². The fourth-order valence-electron chi connectivity index (χ4n) is 7.06. The molecule has 1 N–H and O–H groups in total. The minimum absolute atomic E-state index is 0.196. The molecular weight excluding hydrogens is 476 g/mol. The van der Waals surface area contributed by atoms with Crippen molar-refractivity contribution in [1.82, 2.24) is 5.32 Å². The lowest BCUT2D eigenvalue weighted by Crippen LogP contribution is -2.48. The van der Waals surface area contributed by atoms with Gasteiger partial charge >= 0.3 is 0 Å². The van der Waals surface area contributed by atoms with Gasteiger partial charge in [-0.05, 0) is 85.0 Å². The first-order chi connectivity index (χ1) is 16.8. The summed E-state index contributed by atoms with van der Waals surface area (Å²) in [6.07, 6.45) is 9.21. The standard InChI is InChI=1S/C28H36N2O3S2/c1-35(32,33)30(19-27(31)29-11-12-34-20-21-5-3-2-4-6-21)26-9-7-25(8-10-26)28-16-22-13-23(17-28)15-24(14-22)18-28/h2-10,22-24H,11-20H2,1H3,(H,29,31). The molecular formula is C28H36N2O3S2. The van der Waals surface area contributed by atoms with E-state index in [2.05, 4.69) is 29.6 Å². The topological polar surface area (TPSA) is 66.5 Å². The molecule has 1 amide bonds. The molecule has 7 heteroatoms. The Morgan fingerprint density at radius 3 is 2.14 bits per heavy atom. The van der Waals surface area contributed by atoms with E-state index in [0.717, 1.165) is 29.3 Å². The average Bonchev–Trinajstić information content (AvgIpc) is 2.82. The second-order valence-corrected chi connectivity index (χ2v) is 13.9. The molecule has 0 atom stereocenters. The van der Waals surface area contributed by atoms with Crippen LogP contribution in [0, 0.1) is 17.8 Å². The van der Waals surface area contributed by atoms with Crippen LogP contribution in [0.3, 0.4) is 0 Å². The molecule has 0 heterocycles. The number of carbonyl (C=O) groups excluding carboxylic acids is 1. The Hall–Kier alpha value is -1.99. The molecule has 0 saturated heterocycles. The minimum atomic E-state index is -3.57. The van der Waals surface area contributed by atoms with Crippen LogP contribution in [-0.4, -0.2) is 39.4 Å². The lowest BCUT2D eigenvalue weighted by atomic mass is 9.48. The van der Waals surface area contributed by atoms with Gasteiger partial charge in [-0.15, -0.1) is 0 Å². The van der Waals surface area contributed by atoms with Crippen LogP contribution in [-0.2, 0) is 26.0 Å². The number of carbonyl (C=O) groups is 1. The molecule has 2 aromatic rings. The fraction of sp³-hybridized carbons (Fsp3) is 0.536. The van der Waals surface area contributed by atoms with Gasteiger partial charge in [0.1, 0.15) is 6.54 Å². The summed E-state index contributed by atoms with van der Waals surface area (Å²) in [6.45, 7) is 0.317. The molecule has 2 aromatic carbocycles. The smallest absolute Gasteiger partial charge is 0.240 e. The molecule has 0 radical (unpaired) electrons. The van der Waals surface area contributed by atoms with Gasteiger partial charge in [-0.2, -0.15) is 11.8 Å². The number of rotatable bonds is 10. The van der Waals surface area contributed by atoms with Crippen LogP contribution < -0.4 is 9.62 Å². The third kappa shape index (κ3) is 5.72. The predicted molar refractivity (Wildman–Crippen MR) is 144 cm³/mol. The van der Waals surface area contributed by atoms with Gasteiger partial charge in [-0.3, -0.25) is 9.10 Å². The second-order valence-electron chi connectivity index (χ2n) is 10.9. The van der Waals surface area contributed by atoms with E-state index in [4.69, 9.17) is 0 Å². The first-order valence-electron chi connectivity index (χ1n) is 12.8. The van der Waals surface area contributed by atoms with E-state index in [-0.39, 0.29) is 17.9 Å². The van der Waals surface area contributed by atoms with Crippen molar-refractivity contribution < 1.29 is 13.2 Å². The Morgan fingerprint density at radius 2 is 1.57 bits per heavy atom. The van der Waals surface area contributed by atoms with Crippen LogP contribution in [0.2, 0.25) is 0 Å². The molecule has 0 aromatic heterocycles. The van der Waals surface area contributed by atoms with Gasteiger partial charge in [-0.25, -0.2) is 8.42 Å². The largest absolute Gasteiger partial charge is 0.354 e. The molecule has 0 spiro atoms. The Balaban J connectivity index is 1.18. The molecule has 4 aliphatic rings. The molecule has 4 bridgehead atoms. The van der Waals surface area contributed by atoms with E-state index < -0.39 is 10.0 Å². The van der Waals surface area contributed by atoms with Crippen molar-refractivity contribution in [3.8, 4) is 0 Å². The van der Waals surface area contributed by atoms with Crippen molar-refractivity contribution in [2.45, 2.75) is 49.7 Å². The summed E-state index contributed by atoms with van der Waals surface area (Å²) in [7, 11) is -3.57. The Kier molecular flexibility index (Phi) is 7.18. The Morgan fingerprint density at radius 1 is 0.971 bits per heavy atom. The number of nitrogens with one attached hydrogen (secondary N) is 1. The maximum Gasteiger partial charge on any atom is 0.240 e. The van der Waals surface area contributed by atoms with Crippen LogP contribution in [0.1, 0.15) is 49.7 Å². The number of anilines is 1. The maximum absolute atomic E-state index is 12.6. The zero-order chi connectivity index (χ0) is 24.5. The van der Waals surface area contributed by atoms with E-state index in [0.29, 0.717) is 12.2 Å². The van der Waals surface area contributed by atoms with E-state index >= 15 is 0 Å². The fourth-order valence-corrected chi connectivity index (χ4v) is 8.73. The van der Waals surface area contributed by atoms with Crippen molar-refractivity contribution in [3.05, 3.63) is 65.7 Å². The summed E-state index contributed by atoms with van der Waals surface area (Å²) < 4.78 is 26.3. The monoisotopic (exact) mass is 512 g/mol. The van der Waals surface area contributed by atoms with Gasteiger partial charge in [0.2, 0.25) is 15.9 Å². The molecule has 0 unspecified atom stereocenters. The first-order valence-corrected chi connectivity index (χ1v) is 15.8. The van der Waals surface area contributed by atoms with Crippen LogP contribution in [0.4, 0.5) is 5.69 Å². The molecule has 4 saturated carbocycles. The van der Waals surface area contributed by atoms with Gasteiger partial charge in [0, 0.05) is 18.1 Å². The molecule has 4 fully saturated rings. The van der Waals surface area contributed by atoms with E-state index in [9.17, 15) is 13.2 Å². The SMILES string of the molecule is CS(=O)(=O)N(CC(=O)NCCSCc1ccccc1)c1ccc(C23CC4CC(CC(C4)C2)C3)cc1. The lowest BCUT2D eigenvalue weighted by Gasteiger charge is -2.57. The van der Waals surface area contributed by atoms with Crippen LogP contribution in [0.5, 0.6) is 0 Å². The third-order valence-corrected chi connectivity index (χ3v) is 10.3. The highest BCUT2D eigenvalue weighted by Gasteiger charge is 2.51. The van der Waals surface area contributed by atoms with Gasteiger partial charge < -0.3 is 5.32 Å². The van der Waals surface area contributed by atoms with Crippen molar-refractivity contribution in [3.63, 3.8) is 0 Å². The molecule has 5 nitrogen and oxygen atoms in total. The normalized spacial score (nSPS) is 27.1. The number of hydrogen-bond acceptors (Lipinski definition) is 4. The van der Waals surface area contributed by atoms with E-state index in [1.807, 2.05) is 30.3 Å². The summed E-state index contributed by atoms with van der Waals surface area (Å²) in [5.74, 6) is 3.98. The van der Waals surface area contributed by atoms with Crippen molar-refractivity contribution in [2.24, 2.45) is 17.8 Å². The predicted octanol–water partition coefficient (Wildman–Crippen LogP) is 4.97. The lowest BCUT2D eigenvalue weighted by molar-refractivity contribution is -0.119. The van der Waals surface area contributed by atoms with Crippen LogP contribution >= 0.6 is 11.8 Å². The summed E-state index contributed by atoms with van der Waals surface area (Å²) in [6, 6.07) is 18.3.